The van der Waals surface area contributed by atoms with Crippen LogP contribution < -0.4 is 5.73 Å². The van der Waals surface area contributed by atoms with Gasteiger partial charge >= 0.3 is 0 Å². The molecular formula is C8H7ClN2OS. The fourth-order valence-corrected chi connectivity index (χ4v) is 2.16. The summed E-state index contributed by atoms with van der Waals surface area (Å²) < 4.78 is 5.96. The number of oxazole rings is 1. The Labute approximate surface area is 84.2 Å². The quantitative estimate of drug-likeness (QED) is 0.794. The second kappa shape index (κ2) is 3.05. The van der Waals surface area contributed by atoms with Crippen molar-refractivity contribution >= 4 is 29.0 Å². The Kier molecular flexibility index (Phi) is 2.01. The van der Waals surface area contributed by atoms with Crippen molar-refractivity contribution in [2.24, 2.45) is 0 Å². The zero-order valence-corrected chi connectivity index (χ0v) is 8.45. The molecule has 2 N–H and O–H groups in total. The molecule has 0 saturated carbocycles. The molecule has 0 atom stereocenters. The van der Waals surface area contributed by atoms with Crippen LogP contribution in [0.3, 0.4) is 0 Å². The largest absolute Gasteiger partial charge is 0.423 e. The molecule has 2 heterocycles. The van der Waals surface area contributed by atoms with Crippen molar-refractivity contribution in [2.75, 3.05) is 5.73 Å². The van der Waals surface area contributed by atoms with Crippen molar-refractivity contribution in [2.45, 2.75) is 6.92 Å². The standard InChI is InChI=1S/C8H7ClN2OS/c1-4-7(12-8(10)11-4)5-2-3-6(9)13-5/h2-3H,1H3,(H2,10,11). The van der Waals surface area contributed by atoms with Crippen LogP contribution in [0, 0.1) is 6.92 Å². The molecule has 2 aromatic rings. The minimum absolute atomic E-state index is 0.192. The van der Waals surface area contributed by atoms with Crippen LogP contribution in [0.25, 0.3) is 10.6 Å². The second-order valence-corrected chi connectivity index (χ2v) is 4.29. The molecule has 3 nitrogen and oxygen atoms in total. The number of halogens is 1. The summed E-state index contributed by atoms with van der Waals surface area (Å²) >= 11 is 7.24. The highest BCUT2D eigenvalue weighted by atomic mass is 35.5. The van der Waals surface area contributed by atoms with E-state index >= 15 is 0 Å². The molecule has 13 heavy (non-hydrogen) atoms. The average Bonchev–Trinajstić information content (AvgIpc) is 2.58. The molecule has 0 aromatic carbocycles. The number of rotatable bonds is 1. The van der Waals surface area contributed by atoms with Gasteiger partial charge in [-0.25, -0.2) is 0 Å². The van der Waals surface area contributed by atoms with Crippen molar-refractivity contribution in [1.82, 2.24) is 4.98 Å². The first-order valence-electron chi connectivity index (χ1n) is 3.65. The fourth-order valence-electron chi connectivity index (χ4n) is 1.08. The molecule has 0 aliphatic heterocycles. The van der Waals surface area contributed by atoms with E-state index in [-0.39, 0.29) is 6.01 Å². The second-order valence-electron chi connectivity index (χ2n) is 2.57. The molecule has 2 rings (SSSR count). The molecular weight excluding hydrogens is 208 g/mol. The summed E-state index contributed by atoms with van der Waals surface area (Å²) in [6, 6.07) is 3.90. The number of hydrogen-bond acceptors (Lipinski definition) is 4. The minimum atomic E-state index is 0.192. The lowest BCUT2D eigenvalue weighted by Crippen LogP contribution is -1.81. The van der Waals surface area contributed by atoms with E-state index in [2.05, 4.69) is 4.98 Å². The van der Waals surface area contributed by atoms with E-state index in [9.17, 15) is 0 Å². The van der Waals surface area contributed by atoms with Gasteiger partial charge in [-0.05, 0) is 19.1 Å². The maximum Gasteiger partial charge on any atom is 0.292 e. The Morgan fingerprint density at radius 2 is 2.31 bits per heavy atom. The molecule has 0 radical (unpaired) electrons. The molecule has 2 aromatic heterocycles. The Hall–Kier alpha value is -1.000. The molecule has 0 saturated heterocycles. The average molecular weight is 215 g/mol. The molecule has 0 bridgehead atoms. The van der Waals surface area contributed by atoms with E-state index in [4.69, 9.17) is 21.8 Å². The monoisotopic (exact) mass is 214 g/mol. The number of aryl methyl sites for hydroxylation is 1. The number of anilines is 1. The highest BCUT2D eigenvalue weighted by Crippen LogP contribution is 2.33. The first-order valence-corrected chi connectivity index (χ1v) is 4.85. The number of nitrogens with two attached hydrogens (primary N) is 1. The van der Waals surface area contributed by atoms with Crippen molar-refractivity contribution < 1.29 is 4.42 Å². The third kappa shape index (κ3) is 1.55. The van der Waals surface area contributed by atoms with Crippen molar-refractivity contribution in [3.63, 3.8) is 0 Å². The van der Waals surface area contributed by atoms with Gasteiger partial charge in [0.1, 0.15) is 0 Å². The normalized spacial score (nSPS) is 10.6. The number of hydrogen-bond donors (Lipinski definition) is 1. The van der Waals surface area contributed by atoms with Crippen LogP contribution in [0.15, 0.2) is 16.5 Å². The molecule has 0 aliphatic carbocycles. The Bertz CT molecular complexity index is 435. The minimum Gasteiger partial charge on any atom is -0.423 e. The van der Waals surface area contributed by atoms with Gasteiger partial charge in [-0.2, -0.15) is 4.98 Å². The summed E-state index contributed by atoms with van der Waals surface area (Å²) in [7, 11) is 0. The lowest BCUT2D eigenvalue weighted by atomic mass is 10.3. The van der Waals surface area contributed by atoms with Crippen molar-refractivity contribution in [1.29, 1.82) is 0 Å². The number of aromatic nitrogens is 1. The SMILES string of the molecule is Cc1nc(N)oc1-c1ccc(Cl)s1. The highest BCUT2D eigenvalue weighted by Gasteiger charge is 2.11. The topological polar surface area (TPSA) is 52.0 Å². The van der Waals surface area contributed by atoms with E-state index in [1.54, 1.807) is 0 Å². The molecule has 68 valence electrons. The van der Waals surface area contributed by atoms with Crippen LogP contribution in [-0.2, 0) is 0 Å². The van der Waals surface area contributed by atoms with Gasteiger partial charge in [0.05, 0.1) is 14.9 Å². The molecule has 0 aliphatic rings. The maximum atomic E-state index is 5.79. The van der Waals surface area contributed by atoms with Gasteiger partial charge in [0.2, 0.25) is 0 Å². The number of nitrogen functional groups attached to an aromatic ring is 1. The molecule has 0 spiro atoms. The van der Waals surface area contributed by atoms with Crippen LogP contribution in [0.1, 0.15) is 5.69 Å². The summed E-state index contributed by atoms with van der Waals surface area (Å²) in [5.74, 6) is 0.703. The highest BCUT2D eigenvalue weighted by molar-refractivity contribution is 7.19. The summed E-state index contributed by atoms with van der Waals surface area (Å²) in [5.41, 5.74) is 6.21. The zero-order valence-electron chi connectivity index (χ0n) is 6.87. The third-order valence-electron chi connectivity index (χ3n) is 1.61. The Balaban J connectivity index is 2.51. The summed E-state index contributed by atoms with van der Waals surface area (Å²) in [6.07, 6.45) is 0. The van der Waals surface area contributed by atoms with Crippen LogP contribution in [0.2, 0.25) is 4.34 Å². The van der Waals surface area contributed by atoms with Gasteiger partial charge in [-0.3, -0.25) is 0 Å². The van der Waals surface area contributed by atoms with Gasteiger partial charge in [0.25, 0.3) is 6.01 Å². The summed E-state index contributed by atoms with van der Waals surface area (Å²) in [6.45, 7) is 1.85. The van der Waals surface area contributed by atoms with Gasteiger partial charge in [0, 0.05) is 0 Å². The van der Waals surface area contributed by atoms with Gasteiger partial charge < -0.3 is 10.2 Å². The predicted molar refractivity (Wildman–Crippen MR) is 54.0 cm³/mol. The van der Waals surface area contributed by atoms with Crippen LogP contribution >= 0.6 is 22.9 Å². The zero-order chi connectivity index (χ0) is 9.42. The Morgan fingerprint density at radius 1 is 1.54 bits per heavy atom. The van der Waals surface area contributed by atoms with Crippen LogP contribution in [-0.4, -0.2) is 4.98 Å². The number of thiophene rings is 1. The fraction of sp³-hybridized carbons (Fsp3) is 0.125. The van der Waals surface area contributed by atoms with Crippen molar-refractivity contribution in [3.8, 4) is 10.6 Å². The lowest BCUT2D eigenvalue weighted by Gasteiger charge is -1.89. The van der Waals surface area contributed by atoms with Gasteiger partial charge in [-0.15, -0.1) is 11.3 Å². The lowest BCUT2D eigenvalue weighted by molar-refractivity contribution is 0.595. The summed E-state index contributed by atoms with van der Waals surface area (Å²) in [5, 5.41) is 0. The van der Waals surface area contributed by atoms with Gasteiger partial charge in [-0.1, -0.05) is 11.6 Å². The van der Waals surface area contributed by atoms with Crippen LogP contribution in [0.5, 0.6) is 0 Å². The molecule has 0 amide bonds. The predicted octanol–water partition coefficient (Wildman–Crippen LogP) is 2.95. The van der Waals surface area contributed by atoms with Crippen LogP contribution in [0.4, 0.5) is 6.01 Å². The van der Waals surface area contributed by atoms with Gasteiger partial charge in [0.15, 0.2) is 5.76 Å². The van der Waals surface area contributed by atoms with Crippen molar-refractivity contribution in [3.05, 3.63) is 22.2 Å². The number of nitrogens with zero attached hydrogens (tertiary/aromatic N) is 1. The maximum absolute atomic E-state index is 5.79. The third-order valence-corrected chi connectivity index (χ3v) is 2.84. The Morgan fingerprint density at radius 3 is 2.77 bits per heavy atom. The first-order chi connectivity index (χ1) is 6.16. The summed E-state index contributed by atoms with van der Waals surface area (Å²) in [4.78, 5) is 4.92. The molecule has 5 heteroatoms. The molecule has 0 unspecified atom stereocenters. The van der Waals surface area contributed by atoms with E-state index in [0.717, 1.165) is 14.9 Å². The van der Waals surface area contributed by atoms with E-state index in [0.29, 0.717) is 5.76 Å². The molecule has 0 fully saturated rings. The van der Waals surface area contributed by atoms with E-state index < -0.39 is 0 Å². The van der Waals surface area contributed by atoms with E-state index in [1.165, 1.54) is 11.3 Å². The smallest absolute Gasteiger partial charge is 0.292 e. The van der Waals surface area contributed by atoms with E-state index in [1.807, 2.05) is 19.1 Å². The first kappa shape index (κ1) is 8.59.